The molecular weight excluding hydrogens is 554 g/mol. The van der Waals surface area contributed by atoms with E-state index in [0.717, 1.165) is 5.56 Å². The molecule has 1 fully saturated rings. The molecule has 0 unspecified atom stereocenters. The van der Waals surface area contributed by atoms with E-state index in [9.17, 15) is 16.8 Å². The number of methoxy groups -OCH3 is 3. The van der Waals surface area contributed by atoms with E-state index in [1.807, 2.05) is 35.2 Å². The molecule has 40 heavy (non-hydrogen) atoms. The third kappa shape index (κ3) is 6.20. The lowest BCUT2D eigenvalue weighted by Crippen LogP contribution is -2.48. The van der Waals surface area contributed by atoms with Gasteiger partial charge >= 0.3 is 0 Å². The van der Waals surface area contributed by atoms with Crippen LogP contribution in [0.5, 0.6) is 17.2 Å². The first-order chi connectivity index (χ1) is 19.1. The van der Waals surface area contributed by atoms with Crippen LogP contribution in [0, 0.1) is 0 Å². The number of hydrogen-bond acceptors (Lipinski definition) is 8. The SMILES string of the molecule is COc1ccc(OC)c(S(=O)(=O)N2CCN(c3cc(S(=O)(=O)N(C)CCc4ccccc4)ccc3OC)CC2)c1. The Hall–Kier alpha value is -3.32. The van der Waals surface area contributed by atoms with E-state index in [0.29, 0.717) is 43.2 Å². The molecule has 1 aliphatic rings. The first kappa shape index (κ1) is 29.7. The number of nitrogens with zero attached hydrogens (tertiary/aromatic N) is 3. The van der Waals surface area contributed by atoms with Crippen LogP contribution >= 0.6 is 0 Å². The second-order valence-electron chi connectivity index (χ2n) is 9.30. The molecule has 0 atom stereocenters. The maximum atomic E-state index is 13.5. The van der Waals surface area contributed by atoms with E-state index in [4.69, 9.17) is 14.2 Å². The highest BCUT2D eigenvalue weighted by atomic mass is 32.2. The van der Waals surface area contributed by atoms with Gasteiger partial charge in [0, 0.05) is 45.8 Å². The average molecular weight is 590 g/mol. The van der Waals surface area contributed by atoms with E-state index in [1.54, 1.807) is 31.3 Å². The zero-order valence-electron chi connectivity index (χ0n) is 23.1. The van der Waals surface area contributed by atoms with Crippen LogP contribution in [0.15, 0.2) is 76.5 Å². The third-order valence-corrected chi connectivity index (χ3v) is 10.8. The van der Waals surface area contributed by atoms with E-state index in [-0.39, 0.29) is 28.6 Å². The molecule has 12 heteroatoms. The van der Waals surface area contributed by atoms with Gasteiger partial charge in [-0.05, 0) is 42.3 Å². The molecule has 0 aromatic heterocycles. The summed E-state index contributed by atoms with van der Waals surface area (Å²) in [6.45, 7) is 1.40. The average Bonchev–Trinajstić information content (AvgIpc) is 2.99. The lowest BCUT2D eigenvalue weighted by molar-refractivity contribution is 0.367. The Morgan fingerprint density at radius 3 is 2.05 bits per heavy atom. The van der Waals surface area contributed by atoms with Crippen molar-refractivity contribution >= 4 is 25.7 Å². The van der Waals surface area contributed by atoms with Crippen LogP contribution in [-0.2, 0) is 26.5 Å². The van der Waals surface area contributed by atoms with Gasteiger partial charge in [0.05, 0.1) is 31.9 Å². The molecule has 0 radical (unpaired) electrons. The summed E-state index contributed by atoms with van der Waals surface area (Å²) >= 11 is 0. The van der Waals surface area contributed by atoms with Gasteiger partial charge < -0.3 is 19.1 Å². The van der Waals surface area contributed by atoms with E-state index < -0.39 is 20.0 Å². The molecule has 0 spiro atoms. The summed E-state index contributed by atoms with van der Waals surface area (Å²) in [4.78, 5) is 2.12. The standard InChI is InChI=1S/C28H35N3O7S2/c1-29(15-14-22-8-6-5-7-9-22)39(32,33)24-11-13-26(37-3)25(21-24)30-16-18-31(19-17-30)40(34,35)28-20-23(36-2)10-12-27(28)38-4/h5-13,20-21H,14-19H2,1-4H3. The van der Waals surface area contributed by atoms with Gasteiger partial charge in [-0.3, -0.25) is 0 Å². The Balaban J connectivity index is 1.52. The highest BCUT2D eigenvalue weighted by Crippen LogP contribution is 2.35. The summed E-state index contributed by atoms with van der Waals surface area (Å²) in [5.74, 6) is 1.16. The first-order valence-electron chi connectivity index (χ1n) is 12.8. The zero-order valence-corrected chi connectivity index (χ0v) is 24.7. The molecule has 3 aromatic carbocycles. The van der Waals surface area contributed by atoms with Crippen LogP contribution in [0.2, 0.25) is 0 Å². The summed E-state index contributed by atoms with van der Waals surface area (Å²) in [6.07, 6.45) is 0.591. The zero-order chi connectivity index (χ0) is 28.9. The Morgan fingerprint density at radius 2 is 1.43 bits per heavy atom. The largest absolute Gasteiger partial charge is 0.497 e. The minimum absolute atomic E-state index is 0.0343. The Labute approximate surface area is 236 Å². The van der Waals surface area contributed by atoms with E-state index in [2.05, 4.69) is 0 Å². The quantitative estimate of drug-likeness (QED) is 0.336. The molecule has 0 saturated carbocycles. The van der Waals surface area contributed by atoms with Crippen LogP contribution < -0.4 is 19.1 Å². The second-order valence-corrected chi connectivity index (χ2v) is 13.3. The summed E-state index contributed by atoms with van der Waals surface area (Å²) in [6, 6.07) is 19.1. The fraction of sp³-hybridized carbons (Fsp3) is 0.357. The molecular formula is C28H35N3O7S2. The number of rotatable bonds is 11. The molecule has 1 aliphatic heterocycles. The lowest BCUT2D eigenvalue weighted by atomic mass is 10.2. The highest BCUT2D eigenvalue weighted by Gasteiger charge is 2.32. The number of piperazine rings is 1. The summed E-state index contributed by atoms with van der Waals surface area (Å²) in [5, 5.41) is 0. The van der Waals surface area contributed by atoms with Gasteiger partial charge in [-0.2, -0.15) is 4.31 Å². The van der Waals surface area contributed by atoms with Crippen molar-refractivity contribution in [2.75, 3.05) is 66.0 Å². The number of sulfonamides is 2. The van der Waals surface area contributed by atoms with Crippen molar-refractivity contribution < 1.29 is 31.0 Å². The summed E-state index contributed by atoms with van der Waals surface area (Å²) < 4.78 is 72.6. The van der Waals surface area contributed by atoms with Crippen LogP contribution in [0.4, 0.5) is 5.69 Å². The maximum Gasteiger partial charge on any atom is 0.247 e. The van der Waals surface area contributed by atoms with Crippen molar-refractivity contribution in [1.82, 2.24) is 8.61 Å². The van der Waals surface area contributed by atoms with Crippen molar-refractivity contribution in [3.63, 3.8) is 0 Å². The van der Waals surface area contributed by atoms with Gasteiger partial charge in [0.25, 0.3) is 0 Å². The summed E-state index contributed by atoms with van der Waals surface area (Å²) in [5.41, 5.74) is 1.65. The van der Waals surface area contributed by atoms with Crippen LogP contribution in [0.3, 0.4) is 0 Å². The second kappa shape index (κ2) is 12.5. The Kier molecular flexibility index (Phi) is 9.24. The summed E-state index contributed by atoms with van der Waals surface area (Å²) in [7, 11) is -1.64. The monoisotopic (exact) mass is 589 g/mol. The number of ether oxygens (including phenoxy) is 3. The minimum atomic E-state index is -3.86. The highest BCUT2D eigenvalue weighted by molar-refractivity contribution is 7.89. The number of anilines is 1. The molecule has 1 saturated heterocycles. The topological polar surface area (TPSA) is 106 Å². The molecule has 3 aromatic rings. The first-order valence-corrected chi connectivity index (χ1v) is 15.6. The van der Waals surface area contributed by atoms with Gasteiger partial charge in [-0.1, -0.05) is 30.3 Å². The fourth-order valence-corrected chi connectivity index (χ4v) is 7.39. The molecule has 0 aliphatic carbocycles. The number of likely N-dealkylation sites (N-methyl/N-ethyl adjacent to an activating group) is 1. The molecule has 0 bridgehead atoms. The van der Waals surface area contributed by atoms with E-state index >= 15 is 0 Å². The van der Waals surface area contributed by atoms with Crippen LogP contribution in [-0.4, -0.2) is 86.5 Å². The normalized spacial score (nSPS) is 14.8. The smallest absolute Gasteiger partial charge is 0.247 e. The molecule has 216 valence electrons. The fourth-order valence-electron chi connectivity index (χ4n) is 4.60. The molecule has 1 heterocycles. The lowest BCUT2D eigenvalue weighted by Gasteiger charge is -2.36. The number of hydrogen-bond donors (Lipinski definition) is 0. The number of benzene rings is 3. The maximum absolute atomic E-state index is 13.5. The molecule has 4 rings (SSSR count). The van der Waals surface area contributed by atoms with Crippen molar-refractivity contribution in [2.24, 2.45) is 0 Å². The molecule has 0 N–H and O–H groups in total. The van der Waals surface area contributed by atoms with Crippen molar-refractivity contribution in [3.05, 3.63) is 72.3 Å². The molecule has 0 amide bonds. The Morgan fingerprint density at radius 1 is 0.775 bits per heavy atom. The van der Waals surface area contributed by atoms with Gasteiger partial charge in [0.1, 0.15) is 22.1 Å². The predicted molar refractivity (Wildman–Crippen MR) is 153 cm³/mol. The van der Waals surface area contributed by atoms with Gasteiger partial charge in [-0.25, -0.2) is 21.1 Å². The Bertz CT molecular complexity index is 1520. The predicted octanol–water partition coefficient (Wildman–Crippen LogP) is 3.09. The third-order valence-electron chi connectivity index (χ3n) is 6.98. The van der Waals surface area contributed by atoms with E-state index in [1.165, 1.54) is 42.1 Å². The van der Waals surface area contributed by atoms with Gasteiger partial charge in [0.2, 0.25) is 20.0 Å². The van der Waals surface area contributed by atoms with Crippen LogP contribution in [0.1, 0.15) is 5.56 Å². The minimum Gasteiger partial charge on any atom is -0.497 e. The van der Waals surface area contributed by atoms with Gasteiger partial charge in [-0.15, -0.1) is 0 Å². The van der Waals surface area contributed by atoms with Crippen molar-refractivity contribution in [2.45, 2.75) is 16.2 Å². The van der Waals surface area contributed by atoms with Gasteiger partial charge in [0.15, 0.2) is 0 Å². The van der Waals surface area contributed by atoms with Crippen molar-refractivity contribution in [1.29, 1.82) is 0 Å². The molecule has 10 nitrogen and oxygen atoms in total. The van der Waals surface area contributed by atoms with Crippen LogP contribution in [0.25, 0.3) is 0 Å². The van der Waals surface area contributed by atoms with Crippen molar-refractivity contribution in [3.8, 4) is 17.2 Å².